The summed E-state index contributed by atoms with van der Waals surface area (Å²) in [7, 11) is 0. The molecule has 0 heterocycles. The lowest BCUT2D eigenvalue weighted by Gasteiger charge is -2.20. The fourth-order valence-electron chi connectivity index (χ4n) is 1.14. The zero-order valence-electron chi connectivity index (χ0n) is 8.77. The van der Waals surface area contributed by atoms with E-state index in [-0.39, 0.29) is 24.5 Å². The molecule has 0 aromatic heterocycles. The molecular formula is C10H22O3. The summed E-state index contributed by atoms with van der Waals surface area (Å²) in [4.78, 5) is 0. The van der Waals surface area contributed by atoms with Gasteiger partial charge in [-0.3, -0.25) is 0 Å². The maximum Gasteiger partial charge on any atom is 0.0796 e. The zero-order chi connectivity index (χ0) is 10.4. The quantitative estimate of drug-likeness (QED) is 0.580. The predicted octanol–water partition coefficient (Wildman–Crippen LogP) is 0.773. The summed E-state index contributed by atoms with van der Waals surface area (Å²) in [5.74, 6) is 0.317. The molecule has 3 heteroatoms. The van der Waals surface area contributed by atoms with Gasteiger partial charge in [-0.25, -0.2) is 0 Å². The van der Waals surface area contributed by atoms with E-state index in [2.05, 4.69) is 0 Å². The molecule has 3 unspecified atom stereocenters. The minimum Gasteiger partial charge on any atom is -0.394 e. The zero-order valence-corrected chi connectivity index (χ0v) is 8.77. The molecule has 0 saturated heterocycles. The summed E-state index contributed by atoms with van der Waals surface area (Å²) in [6.07, 6.45) is 0.490. The second-order valence-electron chi connectivity index (χ2n) is 4.12. The van der Waals surface area contributed by atoms with Gasteiger partial charge in [-0.1, -0.05) is 20.8 Å². The van der Waals surface area contributed by atoms with Crippen LogP contribution in [0.5, 0.6) is 0 Å². The van der Waals surface area contributed by atoms with Crippen LogP contribution in [0.3, 0.4) is 0 Å². The van der Waals surface area contributed by atoms with E-state index in [0.29, 0.717) is 6.42 Å². The average Bonchev–Trinajstić information content (AvgIpc) is 2.11. The van der Waals surface area contributed by atoms with Crippen LogP contribution in [0, 0.1) is 11.8 Å². The van der Waals surface area contributed by atoms with Crippen molar-refractivity contribution >= 4 is 0 Å². The van der Waals surface area contributed by atoms with Gasteiger partial charge in [-0.2, -0.15) is 0 Å². The molecular weight excluding hydrogens is 168 g/mol. The Bertz CT molecular complexity index is 125. The molecule has 0 rings (SSSR count). The first kappa shape index (κ1) is 12.9. The van der Waals surface area contributed by atoms with Gasteiger partial charge in [0.2, 0.25) is 0 Å². The Kier molecular flexibility index (Phi) is 6.29. The number of aliphatic hydroxyl groups is 3. The Labute approximate surface area is 80.4 Å². The largest absolute Gasteiger partial charge is 0.394 e. The van der Waals surface area contributed by atoms with E-state index in [1.165, 1.54) is 0 Å². The Hall–Kier alpha value is -0.120. The number of aliphatic hydroxyl groups excluding tert-OH is 3. The molecule has 3 atom stereocenters. The van der Waals surface area contributed by atoms with E-state index in [9.17, 15) is 10.2 Å². The predicted molar refractivity (Wildman–Crippen MR) is 52.3 cm³/mol. The van der Waals surface area contributed by atoms with Crippen LogP contribution in [-0.4, -0.2) is 34.1 Å². The molecule has 80 valence electrons. The van der Waals surface area contributed by atoms with Crippen molar-refractivity contribution in [1.29, 1.82) is 0 Å². The monoisotopic (exact) mass is 190 g/mol. The van der Waals surface area contributed by atoms with E-state index >= 15 is 0 Å². The maximum absolute atomic E-state index is 9.49. The summed E-state index contributed by atoms with van der Waals surface area (Å²) in [6, 6.07) is 0. The Morgan fingerprint density at radius 1 is 0.923 bits per heavy atom. The minimum atomic E-state index is -0.653. The van der Waals surface area contributed by atoms with Gasteiger partial charge in [-0.05, 0) is 24.7 Å². The Morgan fingerprint density at radius 3 is 1.85 bits per heavy atom. The van der Waals surface area contributed by atoms with E-state index < -0.39 is 6.10 Å². The first-order chi connectivity index (χ1) is 5.99. The molecule has 3 N–H and O–H groups in total. The van der Waals surface area contributed by atoms with Crippen molar-refractivity contribution in [3.8, 4) is 0 Å². The van der Waals surface area contributed by atoms with Gasteiger partial charge in [0, 0.05) is 0 Å². The van der Waals surface area contributed by atoms with Crippen molar-refractivity contribution in [2.75, 3.05) is 6.61 Å². The second-order valence-corrected chi connectivity index (χ2v) is 4.12. The van der Waals surface area contributed by atoms with Gasteiger partial charge >= 0.3 is 0 Å². The third-order valence-electron chi connectivity index (χ3n) is 2.53. The van der Waals surface area contributed by atoms with Crippen LogP contribution in [-0.2, 0) is 0 Å². The second kappa shape index (κ2) is 6.35. The first-order valence-electron chi connectivity index (χ1n) is 4.96. The van der Waals surface area contributed by atoms with Crippen molar-refractivity contribution in [2.24, 2.45) is 11.8 Å². The lowest BCUT2D eigenvalue weighted by molar-refractivity contribution is 0.0388. The molecule has 0 fully saturated rings. The Balaban J connectivity index is 3.63. The van der Waals surface area contributed by atoms with E-state index in [4.69, 9.17) is 5.11 Å². The molecule has 0 spiro atoms. The van der Waals surface area contributed by atoms with Gasteiger partial charge in [-0.15, -0.1) is 0 Å². The van der Waals surface area contributed by atoms with Gasteiger partial charge < -0.3 is 15.3 Å². The smallest absolute Gasteiger partial charge is 0.0796 e. The minimum absolute atomic E-state index is 0.0541. The lowest BCUT2D eigenvalue weighted by Crippen LogP contribution is -2.24. The molecule has 0 aliphatic rings. The molecule has 0 radical (unpaired) electrons. The van der Waals surface area contributed by atoms with Gasteiger partial charge in [0.1, 0.15) is 0 Å². The van der Waals surface area contributed by atoms with Crippen LogP contribution in [0.25, 0.3) is 0 Å². The highest BCUT2D eigenvalue weighted by molar-refractivity contribution is 4.67. The molecule has 0 amide bonds. The van der Waals surface area contributed by atoms with Crippen LogP contribution in [0.15, 0.2) is 0 Å². The molecule has 0 aliphatic heterocycles. The third kappa shape index (κ3) is 5.24. The highest BCUT2D eigenvalue weighted by Crippen LogP contribution is 2.15. The van der Waals surface area contributed by atoms with Crippen molar-refractivity contribution in [2.45, 2.75) is 45.8 Å². The molecule has 0 bridgehead atoms. The molecule has 3 nitrogen and oxygen atoms in total. The van der Waals surface area contributed by atoms with Gasteiger partial charge in [0.05, 0.1) is 18.8 Å². The van der Waals surface area contributed by atoms with E-state index in [1.807, 2.05) is 20.8 Å². The molecule has 0 aromatic rings. The highest BCUT2D eigenvalue weighted by Gasteiger charge is 2.16. The van der Waals surface area contributed by atoms with Gasteiger partial charge in [0.15, 0.2) is 0 Å². The lowest BCUT2D eigenvalue weighted by atomic mass is 9.94. The summed E-state index contributed by atoms with van der Waals surface area (Å²) in [5.41, 5.74) is 0. The van der Waals surface area contributed by atoms with Crippen LogP contribution in [0.2, 0.25) is 0 Å². The van der Waals surface area contributed by atoms with Crippen LogP contribution >= 0.6 is 0 Å². The molecule has 0 saturated carbocycles. The average molecular weight is 190 g/mol. The SMILES string of the molecule is CC(C)C(O)CCC(C)C(O)CO. The van der Waals surface area contributed by atoms with Crippen LogP contribution in [0.1, 0.15) is 33.6 Å². The molecule has 0 aliphatic carbocycles. The summed E-state index contributed by atoms with van der Waals surface area (Å²) >= 11 is 0. The maximum atomic E-state index is 9.49. The van der Waals surface area contributed by atoms with Crippen molar-refractivity contribution in [3.05, 3.63) is 0 Å². The summed E-state index contributed by atoms with van der Waals surface area (Å²) < 4.78 is 0. The standard InChI is InChI=1S/C10H22O3/c1-7(2)9(12)5-4-8(3)10(13)6-11/h7-13H,4-6H2,1-3H3. The molecule has 0 aromatic carbocycles. The Morgan fingerprint density at radius 2 is 1.46 bits per heavy atom. The van der Waals surface area contributed by atoms with Gasteiger partial charge in [0.25, 0.3) is 0 Å². The number of rotatable bonds is 6. The summed E-state index contributed by atoms with van der Waals surface area (Å²) in [5, 5.41) is 27.4. The van der Waals surface area contributed by atoms with Crippen LogP contribution in [0.4, 0.5) is 0 Å². The van der Waals surface area contributed by atoms with E-state index in [0.717, 1.165) is 6.42 Å². The first-order valence-corrected chi connectivity index (χ1v) is 4.96. The summed E-state index contributed by atoms with van der Waals surface area (Å²) in [6.45, 7) is 5.63. The van der Waals surface area contributed by atoms with Crippen molar-refractivity contribution < 1.29 is 15.3 Å². The van der Waals surface area contributed by atoms with Crippen molar-refractivity contribution in [1.82, 2.24) is 0 Å². The fraction of sp³-hybridized carbons (Fsp3) is 1.00. The van der Waals surface area contributed by atoms with Crippen LogP contribution < -0.4 is 0 Å². The highest BCUT2D eigenvalue weighted by atomic mass is 16.3. The number of hydrogen-bond acceptors (Lipinski definition) is 3. The third-order valence-corrected chi connectivity index (χ3v) is 2.53. The number of hydrogen-bond donors (Lipinski definition) is 3. The van der Waals surface area contributed by atoms with E-state index in [1.54, 1.807) is 0 Å². The normalized spacial score (nSPS) is 18.7. The molecule has 13 heavy (non-hydrogen) atoms. The topological polar surface area (TPSA) is 60.7 Å². The van der Waals surface area contributed by atoms with Crippen molar-refractivity contribution in [3.63, 3.8) is 0 Å². The fourth-order valence-corrected chi connectivity index (χ4v) is 1.14.